The van der Waals surface area contributed by atoms with E-state index in [1.807, 2.05) is 19.5 Å². The molecule has 6 aromatic rings. The number of ether oxygens (including phenoxy) is 5. The molecule has 15 nitrogen and oxygen atoms in total. The Hall–Kier alpha value is -4.94. The zero-order valence-electron chi connectivity index (χ0n) is 39.8. The van der Waals surface area contributed by atoms with Gasteiger partial charge in [0.15, 0.2) is 0 Å². The molecule has 0 radical (unpaired) electrons. The predicted molar refractivity (Wildman–Crippen MR) is 261 cm³/mol. The van der Waals surface area contributed by atoms with Crippen LogP contribution in [0.2, 0.25) is 0 Å². The molecule has 3 aromatic carbocycles. The lowest BCUT2D eigenvalue weighted by atomic mass is 9.84. The van der Waals surface area contributed by atoms with Crippen molar-refractivity contribution in [3.8, 4) is 39.5 Å². The monoisotopic (exact) mass is 936 g/mol. The molecule has 11 unspecified atom stereocenters. The fourth-order valence-corrected chi connectivity index (χ4v) is 13.7. The zero-order chi connectivity index (χ0) is 46.3. The number of methoxy groups -OCH3 is 2. The van der Waals surface area contributed by atoms with Gasteiger partial charge >= 0.3 is 0 Å². The number of hydrogen-bond acceptors (Lipinski definition) is 12. The van der Waals surface area contributed by atoms with Gasteiger partial charge in [-0.25, -0.2) is 9.97 Å². The van der Waals surface area contributed by atoms with Gasteiger partial charge in [0.25, 0.3) is 0 Å². The molecule has 11 atom stereocenters. The van der Waals surface area contributed by atoms with Gasteiger partial charge in [-0.1, -0.05) is 42.5 Å². The second kappa shape index (κ2) is 18.0. The van der Waals surface area contributed by atoms with Crippen molar-refractivity contribution in [2.45, 2.75) is 125 Å². The van der Waals surface area contributed by atoms with Gasteiger partial charge in [-0.05, 0) is 100 Å². The second-order valence-electron chi connectivity index (χ2n) is 20.6. The molecular weight excluding hydrogens is 871 g/mol. The maximum Gasteiger partial charge on any atom is 0.203 e. The van der Waals surface area contributed by atoms with E-state index in [1.165, 1.54) is 0 Å². The topological polar surface area (TPSA) is 159 Å². The van der Waals surface area contributed by atoms with Crippen molar-refractivity contribution >= 4 is 10.9 Å². The molecule has 0 aliphatic carbocycles. The second-order valence-corrected chi connectivity index (χ2v) is 20.6. The van der Waals surface area contributed by atoms with Crippen LogP contribution in [0.4, 0.5) is 0 Å². The van der Waals surface area contributed by atoms with Crippen LogP contribution in [-0.2, 0) is 18.9 Å². The average molecular weight is 936 g/mol. The Morgan fingerprint density at radius 2 is 1.25 bits per heavy atom. The summed E-state index contributed by atoms with van der Waals surface area (Å²) >= 11 is 0. The fraction of sp³-hybridized carbons (Fsp3) is 0.519. The molecule has 7 aliphatic heterocycles. The summed E-state index contributed by atoms with van der Waals surface area (Å²) in [6, 6.07) is 27.1. The highest BCUT2D eigenvalue weighted by Gasteiger charge is 2.52. The lowest BCUT2D eigenvalue weighted by molar-refractivity contribution is -0.157. The number of aromatic amines is 2. The number of rotatable bonds is 9. The van der Waals surface area contributed by atoms with Gasteiger partial charge in [0.2, 0.25) is 6.23 Å². The van der Waals surface area contributed by atoms with Gasteiger partial charge in [0, 0.05) is 80.4 Å². The summed E-state index contributed by atoms with van der Waals surface area (Å²) in [7, 11) is 3.60. The van der Waals surface area contributed by atoms with Crippen LogP contribution in [0.1, 0.15) is 93.8 Å². The minimum atomic E-state index is -0.646. The van der Waals surface area contributed by atoms with Crippen LogP contribution in [-0.4, -0.2) is 129 Å². The average Bonchev–Trinajstić information content (AvgIpc) is 4.27. The van der Waals surface area contributed by atoms with Crippen LogP contribution in [0.5, 0.6) is 5.75 Å². The lowest BCUT2D eigenvalue weighted by Crippen LogP contribution is -2.68. The first-order valence-corrected chi connectivity index (χ1v) is 25.5. The Kier molecular flexibility index (Phi) is 11.5. The fourth-order valence-electron chi connectivity index (χ4n) is 13.7. The number of H-pyrrole nitrogens is 2. The largest absolute Gasteiger partial charge is 0.465 e. The van der Waals surface area contributed by atoms with Crippen LogP contribution in [0.25, 0.3) is 44.7 Å². The Balaban J connectivity index is 0.792. The molecule has 0 amide bonds. The summed E-state index contributed by atoms with van der Waals surface area (Å²) in [6.45, 7) is 5.49. The molecule has 0 bridgehead atoms. The van der Waals surface area contributed by atoms with Gasteiger partial charge < -0.3 is 43.3 Å². The van der Waals surface area contributed by atoms with Crippen LogP contribution in [0, 0.1) is 11.8 Å². The van der Waals surface area contributed by atoms with E-state index in [1.54, 1.807) is 7.11 Å². The van der Waals surface area contributed by atoms with Gasteiger partial charge in [0.05, 0.1) is 65.2 Å². The van der Waals surface area contributed by atoms with Crippen LogP contribution < -0.4 is 15.4 Å². The maximum absolute atomic E-state index is 11.9. The summed E-state index contributed by atoms with van der Waals surface area (Å²) in [5.41, 5.74) is 8.34. The van der Waals surface area contributed by atoms with E-state index in [0.29, 0.717) is 30.0 Å². The highest BCUT2D eigenvalue weighted by atomic mass is 16.5. The third-order valence-electron chi connectivity index (χ3n) is 17.1. The van der Waals surface area contributed by atoms with E-state index in [9.17, 15) is 5.11 Å². The normalized spacial score (nSPS) is 32.1. The number of aromatic nitrogens is 5. The number of aliphatic hydroxyl groups is 1. The molecule has 6 fully saturated rings. The van der Waals surface area contributed by atoms with E-state index in [-0.39, 0.29) is 42.9 Å². The quantitative estimate of drug-likeness (QED) is 0.0975. The number of benzene rings is 3. The predicted octanol–water partition coefficient (Wildman–Crippen LogP) is 7.49. The van der Waals surface area contributed by atoms with Crippen molar-refractivity contribution in [3.63, 3.8) is 0 Å². The van der Waals surface area contributed by atoms with E-state index >= 15 is 0 Å². The maximum atomic E-state index is 11.9. The molecule has 0 spiro atoms. The summed E-state index contributed by atoms with van der Waals surface area (Å²) in [5, 5.41) is 20.6. The molecule has 3 aromatic heterocycles. The summed E-state index contributed by atoms with van der Waals surface area (Å²) in [4.78, 5) is 22.5. The van der Waals surface area contributed by atoms with Crippen molar-refractivity contribution in [3.05, 3.63) is 102 Å². The van der Waals surface area contributed by atoms with E-state index in [4.69, 9.17) is 33.7 Å². The van der Waals surface area contributed by atoms with Crippen molar-refractivity contribution in [1.29, 1.82) is 0 Å². The molecule has 15 heteroatoms. The standard InChI is InChI=1S/C54H65N9O6/c1-30-47(31-17-21-67-22-18-31)59-51(65-2)43-15-13-41(61(30)43)49-55-29-39(58-49)35-9-11-37-45-26-36-25-34(10-12-40(36)63(45)54(69-46(37)27-35)33-7-5-4-6-8-33)38-28-56-50(57-38)42-14-16-44-52(66-3)60-48(53(64)62(42)44)32-19-23-68-24-20-32/h4-12,25-32,41-44,47-48,51-54,59-60,64H,13-24H2,1-3H3,(H,55,58)(H,56,57). The molecule has 6 saturated heterocycles. The van der Waals surface area contributed by atoms with Crippen molar-refractivity contribution < 1.29 is 28.8 Å². The van der Waals surface area contributed by atoms with Gasteiger partial charge in [-0.15, -0.1) is 0 Å². The molecule has 13 rings (SSSR count). The molecule has 5 N–H and O–H groups in total. The van der Waals surface area contributed by atoms with Gasteiger partial charge in [0.1, 0.15) is 36.1 Å². The number of nitrogens with zero attached hydrogens (tertiary/aromatic N) is 5. The Labute approximate surface area is 403 Å². The number of imidazole rings is 2. The minimum absolute atomic E-state index is 0.0103. The van der Waals surface area contributed by atoms with Crippen LogP contribution in [0.3, 0.4) is 0 Å². The SMILES string of the molecule is COC1NC(C2CCOCC2)C(C)N2C(c3ncc(-c4ccc5c(c4)OC(c4ccccc4)n4c-5cc5cc(-c6cnc(C7CCC8C(OC)NC(C9CCOCC9)C(O)N78)[nH]6)ccc54)[nH]3)CCC12. The number of fused-ring (bicyclic) bond motifs is 7. The third kappa shape index (κ3) is 7.50. The van der Waals surface area contributed by atoms with E-state index in [2.05, 4.69) is 115 Å². The molecule has 69 heavy (non-hydrogen) atoms. The van der Waals surface area contributed by atoms with Crippen molar-refractivity contribution in [2.75, 3.05) is 40.6 Å². The van der Waals surface area contributed by atoms with Gasteiger partial charge in [-0.2, -0.15) is 0 Å². The third-order valence-corrected chi connectivity index (χ3v) is 17.1. The Morgan fingerprint density at radius 1 is 0.652 bits per heavy atom. The Bertz CT molecular complexity index is 2780. The Morgan fingerprint density at radius 3 is 1.91 bits per heavy atom. The first-order valence-electron chi connectivity index (χ1n) is 25.5. The summed E-state index contributed by atoms with van der Waals surface area (Å²) in [6.07, 6.45) is 10.6. The highest BCUT2D eigenvalue weighted by Crippen LogP contribution is 2.48. The number of hydrogen-bond donors (Lipinski definition) is 5. The molecule has 362 valence electrons. The molecule has 10 heterocycles. The van der Waals surface area contributed by atoms with E-state index in [0.717, 1.165) is 145 Å². The molecular formula is C54H65N9O6. The summed E-state index contributed by atoms with van der Waals surface area (Å²) < 4.78 is 32.9. The van der Waals surface area contributed by atoms with Crippen LogP contribution >= 0.6 is 0 Å². The van der Waals surface area contributed by atoms with Crippen LogP contribution in [0.15, 0.2) is 85.2 Å². The number of aliphatic hydroxyl groups excluding tert-OH is 1. The molecule has 7 aliphatic rings. The highest BCUT2D eigenvalue weighted by molar-refractivity contribution is 5.92. The number of piperazine rings is 2. The lowest BCUT2D eigenvalue weighted by Gasteiger charge is -2.50. The van der Waals surface area contributed by atoms with Crippen molar-refractivity contribution in [2.24, 2.45) is 11.8 Å². The minimum Gasteiger partial charge on any atom is -0.465 e. The smallest absolute Gasteiger partial charge is 0.203 e. The molecule has 0 saturated carbocycles. The van der Waals surface area contributed by atoms with Crippen molar-refractivity contribution in [1.82, 2.24) is 44.9 Å². The first kappa shape index (κ1) is 44.0. The number of nitrogens with one attached hydrogen (secondary N) is 4. The zero-order valence-corrected chi connectivity index (χ0v) is 39.8. The first-order chi connectivity index (χ1) is 33.9. The summed E-state index contributed by atoms with van der Waals surface area (Å²) in [5.74, 6) is 3.60. The van der Waals surface area contributed by atoms with Gasteiger partial charge in [-0.3, -0.25) is 20.4 Å². The van der Waals surface area contributed by atoms with E-state index < -0.39 is 6.23 Å².